The predicted octanol–water partition coefficient (Wildman–Crippen LogP) is 3.46. The van der Waals surface area contributed by atoms with E-state index in [2.05, 4.69) is 15.0 Å². The predicted molar refractivity (Wildman–Crippen MR) is 99.8 cm³/mol. The maximum Gasteiger partial charge on any atom is 0.289 e. The lowest BCUT2D eigenvalue weighted by Gasteiger charge is -2.23. The van der Waals surface area contributed by atoms with E-state index in [1.807, 2.05) is 31.2 Å². The van der Waals surface area contributed by atoms with Crippen LogP contribution in [-0.2, 0) is 12.2 Å². The monoisotopic (exact) mass is 368 g/mol. The standard InChI is InChI=1S/C19H20N4O2S/c1-14(12-15-6-3-4-9-20-15)23(2)18(24)17-8-7-16(25-17)13-26-19-21-10-5-11-22-19/h3-11,14H,12-13H2,1-2H3/t14-/m1/s1. The molecular weight excluding hydrogens is 348 g/mol. The van der Waals surface area contributed by atoms with Crippen LogP contribution < -0.4 is 0 Å². The van der Waals surface area contributed by atoms with Crippen molar-refractivity contribution in [3.63, 3.8) is 0 Å². The largest absolute Gasteiger partial charge is 0.455 e. The molecule has 6 nitrogen and oxygen atoms in total. The van der Waals surface area contributed by atoms with Crippen molar-refractivity contribution in [2.24, 2.45) is 0 Å². The second-order valence-corrected chi connectivity index (χ2v) is 6.82. The maximum atomic E-state index is 12.6. The van der Waals surface area contributed by atoms with Gasteiger partial charge in [-0.1, -0.05) is 17.8 Å². The minimum atomic E-state index is -0.138. The molecule has 0 aliphatic carbocycles. The van der Waals surface area contributed by atoms with Gasteiger partial charge in [0.05, 0.1) is 5.75 Å². The topological polar surface area (TPSA) is 72.1 Å². The summed E-state index contributed by atoms with van der Waals surface area (Å²) in [4.78, 5) is 27.0. The highest BCUT2D eigenvalue weighted by molar-refractivity contribution is 7.98. The molecule has 0 spiro atoms. The van der Waals surface area contributed by atoms with Crippen LogP contribution in [0.15, 0.2) is 64.6 Å². The SMILES string of the molecule is C[C@H](Cc1ccccn1)N(C)C(=O)c1ccc(CSc2ncccn2)o1. The normalized spacial score (nSPS) is 11.9. The van der Waals surface area contributed by atoms with Crippen LogP contribution in [0, 0.1) is 0 Å². The van der Waals surface area contributed by atoms with Crippen LogP contribution in [0.25, 0.3) is 0 Å². The zero-order chi connectivity index (χ0) is 18.4. The van der Waals surface area contributed by atoms with Gasteiger partial charge < -0.3 is 9.32 Å². The molecule has 0 N–H and O–H groups in total. The van der Waals surface area contributed by atoms with Crippen molar-refractivity contribution in [2.75, 3.05) is 7.05 Å². The number of nitrogens with zero attached hydrogens (tertiary/aromatic N) is 4. The van der Waals surface area contributed by atoms with E-state index in [0.717, 1.165) is 11.5 Å². The lowest BCUT2D eigenvalue weighted by atomic mass is 10.1. The third-order valence-corrected chi connectivity index (χ3v) is 4.87. The molecule has 0 saturated carbocycles. The quantitative estimate of drug-likeness (QED) is 0.470. The van der Waals surface area contributed by atoms with Gasteiger partial charge in [0.25, 0.3) is 5.91 Å². The Hall–Kier alpha value is -2.67. The molecule has 26 heavy (non-hydrogen) atoms. The highest BCUT2D eigenvalue weighted by Crippen LogP contribution is 2.21. The Morgan fingerprint density at radius 3 is 2.62 bits per heavy atom. The Labute approximate surface area is 156 Å². The molecule has 0 bridgehead atoms. The van der Waals surface area contributed by atoms with Gasteiger partial charge in [-0.2, -0.15) is 0 Å². The second kappa shape index (κ2) is 8.62. The second-order valence-electron chi connectivity index (χ2n) is 5.88. The number of likely N-dealkylation sites (N-methyl/N-ethyl adjacent to an activating group) is 1. The van der Waals surface area contributed by atoms with Crippen LogP contribution in [0.3, 0.4) is 0 Å². The summed E-state index contributed by atoms with van der Waals surface area (Å²) in [6, 6.07) is 11.1. The van der Waals surface area contributed by atoms with Crippen molar-refractivity contribution >= 4 is 17.7 Å². The van der Waals surface area contributed by atoms with E-state index in [0.29, 0.717) is 23.1 Å². The van der Waals surface area contributed by atoms with Crippen LogP contribution in [0.4, 0.5) is 0 Å². The summed E-state index contributed by atoms with van der Waals surface area (Å²) >= 11 is 1.47. The van der Waals surface area contributed by atoms with Gasteiger partial charge in [-0.25, -0.2) is 9.97 Å². The molecule has 3 aromatic heterocycles. The molecule has 0 radical (unpaired) electrons. The van der Waals surface area contributed by atoms with Gasteiger partial charge in [-0.05, 0) is 37.3 Å². The summed E-state index contributed by atoms with van der Waals surface area (Å²) in [5.41, 5.74) is 0.957. The van der Waals surface area contributed by atoms with E-state index in [1.165, 1.54) is 11.8 Å². The smallest absolute Gasteiger partial charge is 0.289 e. The summed E-state index contributed by atoms with van der Waals surface area (Å²) in [6.07, 6.45) is 5.85. The first-order chi connectivity index (χ1) is 12.6. The zero-order valence-electron chi connectivity index (χ0n) is 14.7. The van der Waals surface area contributed by atoms with Crippen molar-refractivity contribution in [3.8, 4) is 0 Å². The number of furan rings is 1. The molecule has 3 rings (SSSR count). The average molecular weight is 368 g/mol. The summed E-state index contributed by atoms with van der Waals surface area (Å²) < 4.78 is 5.71. The molecular formula is C19H20N4O2S. The third-order valence-electron chi connectivity index (χ3n) is 3.97. The Balaban J connectivity index is 1.58. The number of pyridine rings is 1. The molecule has 0 fully saturated rings. The molecule has 3 heterocycles. The number of hydrogen-bond donors (Lipinski definition) is 0. The Bertz CT molecular complexity index is 839. The van der Waals surface area contributed by atoms with Gasteiger partial charge in [-0.15, -0.1) is 0 Å². The van der Waals surface area contributed by atoms with Crippen LogP contribution in [-0.4, -0.2) is 38.8 Å². The lowest BCUT2D eigenvalue weighted by Crippen LogP contribution is -2.36. The summed E-state index contributed by atoms with van der Waals surface area (Å²) in [5.74, 6) is 1.49. The average Bonchev–Trinajstić information content (AvgIpc) is 3.16. The molecule has 3 aromatic rings. The number of carbonyl (C=O) groups excluding carboxylic acids is 1. The molecule has 7 heteroatoms. The van der Waals surface area contributed by atoms with Crippen molar-refractivity contribution < 1.29 is 9.21 Å². The van der Waals surface area contributed by atoms with Crippen molar-refractivity contribution in [1.82, 2.24) is 19.9 Å². The zero-order valence-corrected chi connectivity index (χ0v) is 15.5. The summed E-state index contributed by atoms with van der Waals surface area (Å²) in [6.45, 7) is 2.00. The van der Waals surface area contributed by atoms with Gasteiger partial charge in [0.2, 0.25) is 0 Å². The fourth-order valence-electron chi connectivity index (χ4n) is 2.40. The number of rotatable bonds is 7. The minimum absolute atomic E-state index is 0.0121. The third kappa shape index (κ3) is 4.70. The first kappa shape index (κ1) is 18.1. The molecule has 134 valence electrons. The molecule has 1 atom stereocenters. The van der Waals surface area contributed by atoms with E-state index in [-0.39, 0.29) is 11.9 Å². The van der Waals surface area contributed by atoms with Gasteiger partial charge >= 0.3 is 0 Å². The number of hydrogen-bond acceptors (Lipinski definition) is 6. The van der Waals surface area contributed by atoms with Crippen LogP contribution in [0.5, 0.6) is 0 Å². The van der Waals surface area contributed by atoms with E-state index in [1.54, 1.807) is 42.7 Å². The Kier molecular flexibility index (Phi) is 6.01. The van der Waals surface area contributed by atoms with Crippen molar-refractivity contribution in [2.45, 2.75) is 30.3 Å². The number of amides is 1. The van der Waals surface area contributed by atoms with Gasteiger partial charge in [-0.3, -0.25) is 9.78 Å². The minimum Gasteiger partial charge on any atom is -0.455 e. The van der Waals surface area contributed by atoms with Gasteiger partial charge in [0, 0.05) is 43.8 Å². The maximum absolute atomic E-state index is 12.6. The van der Waals surface area contributed by atoms with Gasteiger partial charge in [0.1, 0.15) is 5.76 Å². The molecule has 0 unspecified atom stereocenters. The van der Waals surface area contributed by atoms with Crippen LogP contribution in [0.1, 0.15) is 28.9 Å². The van der Waals surface area contributed by atoms with E-state index in [4.69, 9.17) is 4.42 Å². The van der Waals surface area contributed by atoms with Gasteiger partial charge in [0.15, 0.2) is 10.9 Å². The Morgan fingerprint density at radius 1 is 1.12 bits per heavy atom. The summed E-state index contributed by atoms with van der Waals surface area (Å²) in [5, 5.41) is 0.679. The van der Waals surface area contributed by atoms with E-state index >= 15 is 0 Å². The highest BCUT2D eigenvalue weighted by Gasteiger charge is 2.21. The molecule has 0 saturated heterocycles. The fourth-order valence-corrected chi connectivity index (χ4v) is 3.10. The number of aromatic nitrogens is 3. The van der Waals surface area contributed by atoms with E-state index < -0.39 is 0 Å². The number of carbonyl (C=O) groups is 1. The number of thioether (sulfide) groups is 1. The van der Waals surface area contributed by atoms with Crippen LogP contribution in [0.2, 0.25) is 0 Å². The lowest BCUT2D eigenvalue weighted by molar-refractivity contribution is 0.0709. The highest BCUT2D eigenvalue weighted by atomic mass is 32.2. The molecule has 1 amide bonds. The fraction of sp³-hybridized carbons (Fsp3) is 0.263. The van der Waals surface area contributed by atoms with E-state index in [9.17, 15) is 4.79 Å². The Morgan fingerprint density at radius 2 is 1.88 bits per heavy atom. The first-order valence-electron chi connectivity index (χ1n) is 8.29. The summed E-state index contributed by atoms with van der Waals surface area (Å²) in [7, 11) is 1.78. The van der Waals surface area contributed by atoms with Crippen molar-refractivity contribution in [1.29, 1.82) is 0 Å². The molecule has 0 aliphatic rings. The van der Waals surface area contributed by atoms with Crippen molar-refractivity contribution in [3.05, 3.63) is 72.2 Å². The molecule has 0 aromatic carbocycles. The van der Waals surface area contributed by atoms with Crippen LogP contribution >= 0.6 is 11.8 Å². The first-order valence-corrected chi connectivity index (χ1v) is 9.27. The molecule has 0 aliphatic heterocycles.